The normalized spacial score (nSPS) is 19.9. The quantitative estimate of drug-likeness (QED) is 0.858. The first kappa shape index (κ1) is 12.3. The lowest BCUT2D eigenvalue weighted by molar-refractivity contribution is 0.610. The van der Waals surface area contributed by atoms with Gasteiger partial charge in [-0.3, -0.25) is 0 Å². The third kappa shape index (κ3) is 2.75. The molecule has 0 aliphatic carbocycles. The average Bonchev–Trinajstić information content (AvgIpc) is 2.77. The van der Waals surface area contributed by atoms with Gasteiger partial charge in [-0.15, -0.1) is 0 Å². The monoisotopic (exact) mass is 234 g/mol. The molecule has 1 N–H and O–H groups in total. The highest BCUT2D eigenvalue weighted by Gasteiger charge is 2.25. The standard InChI is InChI=1S/C13H22N4/c1-4-11-8-13(16-10(2)15-11)17-7-5-6-12(17)9-14-3/h8,12,14H,4-7,9H2,1-3H3. The van der Waals surface area contributed by atoms with Crippen LogP contribution in [0.1, 0.15) is 31.3 Å². The smallest absolute Gasteiger partial charge is 0.132 e. The minimum Gasteiger partial charge on any atom is -0.352 e. The van der Waals surface area contributed by atoms with Gasteiger partial charge in [0, 0.05) is 30.9 Å². The molecule has 2 rings (SSSR count). The maximum absolute atomic E-state index is 4.58. The summed E-state index contributed by atoms with van der Waals surface area (Å²) in [5, 5.41) is 3.27. The number of likely N-dealkylation sites (N-methyl/N-ethyl adjacent to an activating group) is 1. The van der Waals surface area contributed by atoms with Crippen molar-refractivity contribution in [3.63, 3.8) is 0 Å². The Labute approximate surface area is 103 Å². The van der Waals surface area contributed by atoms with Crippen LogP contribution < -0.4 is 10.2 Å². The van der Waals surface area contributed by atoms with E-state index in [0.717, 1.165) is 36.8 Å². The summed E-state index contributed by atoms with van der Waals surface area (Å²) in [6.45, 7) is 6.27. The molecule has 17 heavy (non-hydrogen) atoms. The number of hydrogen-bond acceptors (Lipinski definition) is 4. The molecule has 0 radical (unpaired) electrons. The summed E-state index contributed by atoms with van der Waals surface area (Å²) in [5.41, 5.74) is 1.14. The molecule has 1 aromatic rings. The lowest BCUT2D eigenvalue weighted by atomic mass is 10.2. The van der Waals surface area contributed by atoms with Crippen molar-refractivity contribution in [3.8, 4) is 0 Å². The molecule has 1 aliphatic rings. The van der Waals surface area contributed by atoms with Crippen LogP contribution in [0.25, 0.3) is 0 Å². The number of anilines is 1. The van der Waals surface area contributed by atoms with Crippen LogP contribution in [0.5, 0.6) is 0 Å². The predicted molar refractivity (Wildman–Crippen MR) is 70.4 cm³/mol. The molecule has 1 fully saturated rings. The summed E-state index contributed by atoms with van der Waals surface area (Å²) in [5.74, 6) is 1.99. The van der Waals surface area contributed by atoms with Gasteiger partial charge in [-0.1, -0.05) is 6.92 Å². The van der Waals surface area contributed by atoms with Gasteiger partial charge in [0.15, 0.2) is 0 Å². The van der Waals surface area contributed by atoms with Crippen LogP contribution in [0.15, 0.2) is 6.07 Å². The van der Waals surface area contributed by atoms with E-state index >= 15 is 0 Å². The van der Waals surface area contributed by atoms with E-state index in [0.29, 0.717) is 6.04 Å². The summed E-state index contributed by atoms with van der Waals surface area (Å²) >= 11 is 0. The van der Waals surface area contributed by atoms with Crippen LogP contribution in [0.3, 0.4) is 0 Å². The van der Waals surface area contributed by atoms with Gasteiger partial charge in [0.2, 0.25) is 0 Å². The third-order valence-corrected chi connectivity index (χ3v) is 3.35. The fraction of sp³-hybridized carbons (Fsp3) is 0.692. The molecule has 4 nitrogen and oxygen atoms in total. The minimum absolute atomic E-state index is 0.582. The van der Waals surface area contributed by atoms with Crippen molar-refractivity contribution in [3.05, 3.63) is 17.6 Å². The molecule has 0 amide bonds. The molecular formula is C13H22N4. The maximum Gasteiger partial charge on any atom is 0.132 e. The predicted octanol–water partition coefficient (Wildman–Crippen LogP) is 1.54. The van der Waals surface area contributed by atoms with Gasteiger partial charge in [-0.2, -0.15) is 0 Å². The summed E-state index contributed by atoms with van der Waals surface area (Å²) in [4.78, 5) is 11.4. The van der Waals surface area contributed by atoms with Crippen molar-refractivity contribution in [1.82, 2.24) is 15.3 Å². The van der Waals surface area contributed by atoms with Crippen molar-refractivity contribution in [2.75, 3.05) is 25.0 Å². The van der Waals surface area contributed by atoms with E-state index in [-0.39, 0.29) is 0 Å². The van der Waals surface area contributed by atoms with Gasteiger partial charge in [-0.05, 0) is 33.2 Å². The zero-order valence-corrected chi connectivity index (χ0v) is 11.0. The Morgan fingerprint density at radius 2 is 2.29 bits per heavy atom. The Bertz CT molecular complexity index is 378. The second kappa shape index (κ2) is 5.45. The van der Waals surface area contributed by atoms with E-state index in [9.17, 15) is 0 Å². The number of aromatic nitrogens is 2. The van der Waals surface area contributed by atoms with Crippen LogP contribution in [0.2, 0.25) is 0 Å². The Hall–Kier alpha value is -1.16. The largest absolute Gasteiger partial charge is 0.352 e. The summed E-state index contributed by atoms with van der Waals surface area (Å²) in [6, 6.07) is 2.72. The van der Waals surface area contributed by atoms with Crippen molar-refractivity contribution < 1.29 is 0 Å². The van der Waals surface area contributed by atoms with E-state index in [1.165, 1.54) is 12.8 Å². The van der Waals surface area contributed by atoms with Gasteiger partial charge >= 0.3 is 0 Å². The second-order valence-electron chi connectivity index (χ2n) is 4.67. The Balaban J connectivity index is 2.23. The molecule has 0 bridgehead atoms. The Morgan fingerprint density at radius 1 is 1.47 bits per heavy atom. The molecule has 1 aliphatic heterocycles. The molecule has 2 heterocycles. The third-order valence-electron chi connectivity index (χ3n) is 3.35. The highest BCUT2D eigenvalue weighted by molar-refractivity contribution is 5.42. The molecule has 4 heteroatoms. The molecule has 1 atom stereocenters. The van der Waals surface area contributed by atoms with Gasteiger partial charge in [0.25, 0.3) is 0 Å². The minimum atomic E-state index is 0.582. The Morgan fingerprint density at radius 3 is 3.00 bits per heavy atom. The summed E-state index contributed by atoms with van der Waals surface area (Å²) in [6.07, 6.45) is 3.49. The highest BCUT2D eigenvalue weighted by Crippen LogP contribution is 2.24. The number of hydrogen-bond donors (Lipinski definition) is 1. The first-order valence-corrected chi connectivity index (χ1v) is 6.50. The van der Waals surface area contributed by atoms with E-state index in [2.05, 4.69) is 33.2 Å². The molecule has 0 spiro atoms. The average molecular weight is 234 g/mol. The lowest BCUT2D eigenvalue weighted by Crippen LogP contribution is -2.37. The van der Waals surface area contributed by atoms with E-state index in [1.54, 1.807) is 0 Å². The zero-order chi connectivity index (χ0) is 12.3. The van der Waals surface area contributed by atoms with Crippen molar-refractivity contribution in [2.45, 2.75) is 39.2 Å². The van der Waals surface area contributed by atoms with Crippen LogP contribution in [0, 0.1) is 6.92 Å². The van der Waals surface area contributed by atoms with Crippen molar-refractivity contribution in [2.24, 2.45) is 0 Å². The molecule has 1 aromatic heterocycles. The number of rotatable bonds is 4. The summed E-state index contributed by atoms with van der Waals surface area (Å²) < 4.78 is 0. The molecule has 1 saturated heterocycles. The van der Waals surface area contributed by atoms with Gasteiger partial charge in [-0.25, -0.2) is 9.97 Å². The highest BCUT2D eigenvalue weighted by atomic mass is 15.2. The van der Waals surface area contributed by atoms with E-state index < -0.39 is 0 Å². The summed E-state index contributed by atoms with van der Waals surface area (Å²) in [7, 11) is 2.01. The number of nitrogens with zero attached hydrogens (tertiary/aromatic N) is 3. The van der Waals surface area contributed by atoms with Crippen LogP contribution in [-0.2, 0) is 6.42 Å². The SMILES string of the molecule is CCc1cc(N2CCCC2CNC)nc(C)n1. The molecular weight excluding hydrogens is 212 g/mol. The van der Waals surface area contributed by atoms with Gasteiger partial charge in [0.1, 0.15) is 11.6 Å². The van der Waals surface area contributed by atoms with Crippen LogP contribution in [-0.4, -0.2) is 36.1 Å². The fourth-order valence-electron chi connectivity index (χ4n) is 2.53. The number of nitrogens with one attached hydrogen (secondary N) is 1. The lowest BCUT2D eigenvalue weighted by Gasteiger charge is -2.26. The van der Waals surface area contributed by atoms with Crippen molar-refractivity contribution in [1.29, 1.82) is 0 Å². The van der Waals surface area contributed by atoms with Crippen LogP contribution >= 0.6 is 0 Å². The fourth-order valence-corrected chi connectivity index (χ4v) is 2.53. The van der Waals surface area contributed by atoms with Gasteiger partial charge < -0.3 is 10.2 Å². The first-order chi connectivity index (χ1) is 8.24. The maximum atomic E-state index is 4.58. The zero-order valence-electron chi connectivity index (χ0n) is 11.0. The van der Waals surface area contributed by atoms with E-state index in [4.69, 9.17) is 0 Å². The van der Waals surface area contributed by atoms with Crippen LogP contribution in [0.4, 0.5) is 5.82 Å². The Kier molecular flexibility index (Phi) is 3.94. The van der Waals surface area contributed by atoms with Crippen molar-refractivity contribution >= 4 is 5.82 Å². The molecule has 1 unspecified atom stereocenters. The number of aryl methyl sites for hydroxylation is 2. The molecule has 0 aromatic carbocycles. The topological polar surface area (TPSA) is 41.0 Å². The van der Waals surface area contributed by atoms with E-state index in [1.807, 2.05) is 14.0 Å². The first-order valence-electron chi connectivity index (χ1n) is 6.50. The second-order valence-corrected chi connectivity index (χ2v) is 4.67. The van der Waals surface area contributed by atoms with Gasteiger partial charge in [0.05, 0.1) is 0 Å². The molecule has 94 valence electrons. The molecule has 0 saturated carbocycles.